The van der Waals surface area contributed by atoms with E-state index < -0.39 is 11.9 Å². The van der Waals surface area contributed by atoms with Gasteiger partial charge in [0.15, 0.2) is 0 Å². The SMILES string of the molecule is COC(=O)C1=CCC2C(c3ccccc3)=CCC2C(N2CCOCC2)=C1C(=O)OC. The monoisotopic (exact) mass is 409 g/mol. The lowest BCUT2D eigenvalue weighted by molar-refractivity contribution is -0.139. The number of nitrogens with zero attached hydrogens (tertiary/aromatic N) is 1. The van der Waals surface area contributed by atoms with Crippen LogP contribution in [0.3, 0.4) is 0 Å². The molecule has 1 aromatic rings. The number of fused-ring (bicyclic) bond motifs is 1. The zero-order valence-electron chi connectivity index (χ0n) is 17.4. The van der Waals surface area contributed by atoms with Crippen LogP contribution in [0.4, 0.5) is 0 Å². The van der Waals surface area contributed by atoms with Crippen LogP contribution in [-0.2, 0) is 23.8 Å². The van der Waals surface area contributed by atoms with E-state index in [2.05, 4.69) is 23.1 Å². The third kappa shape index (κ3) is 3.67. The van der Waals surface area contributed by atoms with E-state index in [0.29, 0.717) is 43.9 Å². The standard InChI is InChI=1S/C24H27NO5/c1-28-23(26)20-11-9-18-17(16-6-4-3-5-7-16)8-10-19(18)22(21(20)24(27)29-2)25-12-14-30-15-13-25/h3-8,11,18-19H,9-10,12-15H2,1-2H3. The zero-order chi connectivity index (χ0) is 21.1. The molecule has 3 aliphatic rings. The van der Waals surface area contributed by atoms with Crippen molar-refractivity contribution in [2.45, 2.75) is 12.8 Å². The summed E-state index contributed by atoms with van der Waals surface area (Å²) in [5, 5.41) is 0. The Hall–Kier alpha value is -2.86. The number of rotatable bonds is 4. The molecule has 0 saturated carbocycles. The number of esters is 2. The highest BCUT2D eigenvalue weighted by Crippen LogP contribution is 2.48. The molecule has 1 aromatic carbocycles. The average molecular weight is 409 g/mol. The molecule has 0 amide bonds. The summed E-state index contributed by atoms with van der Waals surface area (Å²) >= 11 is 0. The Morgan fingerprint density at radius 1 is 0.933 bits per heavy atom. The van der Waals surface area contributed by atoms with E-state index in [9.17, 15) is 9.59 Å². The second-order valence-electron chi connectivity index (χ2n) is 7.67. The van der Waals surface area contributed by atoms with Gasteiger partial charge in [0.2, 0.25) is 0 Å². The zero-order valence-corrected chi connectivity index (χ0v) is 17.4. The molecular formula is C24H27NO5. The second-order valence-corrected chi connectivity index (χ2v) is 7.67. The number of hydrogen-bond acceptors (Lipinski definition) is 6. The third-order valence-electron chi connectivity index (χ3n) is 6.18. The van der Waals surface area contributed by atoms with Crippen LogP contribution < -0.4 is 0 Å². The van der Waals surface area contributed by atoms with Crippen molar-refractivity contribution in [1.29, 1.82) is 0 Å². The van der Waals surface area contributed by atoms with Crippen LogP contribution >= 0.6 is 0 Å². The fourth-order valence-corrected chi connectivity index (χ4v) is 4.82. The largest absolute Gasteiger partial charge is 0.465 e. The van der Waals surface area contributed by atoms with Crippen LogP contribution in [0.25, 0.3) is 5.57 Å². The lowest BCUT2D eigenvalue weighted by Gasteiger charge is -2.37. The van der Waals surface area contributed by atoms with Crippen LogP contribution in [-0.4, -0.2) is 57.4 Å². The second kappa shape index (κ2) is 8.88. The minimum atomic E-state index is -0.508. The van der Waals surface area contributed by atoms with Crippen molar-refractivity contribution in [2.24, 2.45) is 11.8 Å². The van der Waals surface area contributed by atoms with Crippen molar-refractivity contribution in [3.8, 4) is 0 Å². The Labute approximate surface area is 176 Å². The molecule has 0 aromatic heterocycles. The highest BCUT2D eigenvalue weighted by Gasteiger charge is 2.42. The van der Waals surface area contributed by atoms with Crippen LogP contribution in [0.5, 0.6) is 0 Å². The molecule has 0 bridgehead atoms. The van der Waals surface area contributed by atoms with Gasteiger partial charge in [-0.05, 0) is 29.9 Å². The summed E-state index contributed by atoms with van der Waals surface area (Å²) in [4.78, 5) is 27.8. The van der Waals surface area contributed by atoms with E-state index >= 15 is 0 Å². The van der Waals surface area contributed by atoms with E-state index in [1.807, 2.05) is 24.3 Å². The number of methoxy groups -OCH3 is 2. The van der Waals surface area contributed by atoms with Crippen LogP contribution in [0.2, 0.25) is 0 Å². The number of benzene rings is 1. The van der Waals surface area contributed by atoms with Crippen LogP contribution in [0.1, 0.15) is 18.4 Å². The maximum atomic E-state index is 12.9. The first-order valence-electron chi connectivity index (χ1n) is 10.3. The van der Waals surface area contributed by atoms with Gasteiger partial charge in [0.05, 0.1) is 38.6 Å². The molecule has 6 heteroatoms. The molecule has 6 nitrogen and oxygen atoms in total. The molecule has 0 radical (unpaired) electrons. The molecule has 1 heterocycles. The molecule has 1 saturated heterocycles. The van der Waals surface area contributed by atoms with Crippen molar-refractivity contribution in [3.63, 3.8) is 0 Å². The van der Waals surface area contributed by atoms with Gasteiger partial charge in [0, 0.05) is 24.7 Å². The summed E-state index contributed by atoms with van der Waals surface area (Å²) < 4.78 is 15.7. The fourth-order valence-electron chi connectivity index (χ4n) is 4.82. The number of hydrogen-bond donors (Lipinski definition) is 0. The summed E-state index contributed by atoms with van der Waals surface area (Å²) in [7, 11) is 2.69. The normalized spacial score (nSPS) is 23.9. The molecule has 2 atom stereocenters. The predicted octanol–water partition coefficient (Wildman–Crippen LogP) is 2.97. The molecule has 2 unspecified atom stereocenters. The molecule has 4 rings (SSSR count). The summed E-state index contributed by atoms with van der Waals surface area (Å²) in [5.74, 6) is -0.744. The Balaban J connectivity index is 1.85. The minimum Gasteiger partial charge on any atom is -0.465 e. The van der Waals surface area contributed by atoms with Crippen molar-refractivity contribution in [2.75, 3.05) is 40.5 Å². The summed E-state index contributed by atoms with van der Waals surface area (Å²) in [6.45, 7) is 2.53. The molecule has 1 aliphatic heterocycles. The first-order chi connectivity index (χ1) is 14.7. The van der Waals surface area contributed by atoms with Crippen molar-refractivity contribution in [1.82, 2.24) is 4.90 Å². The third-order valence-corrected chi connectivity index (χ3v) is 6.18. The molecular weight excluding hydrogens is 382 g/mol. The quantitative estimate of drug-likeness (QED) is 0.713. The van der Waals surface area contributed by atoms with E-state index in [1.165, 1.54) is 25.4 Å². The van der Waals surface area contributed by atoms with Crippen molar-refractivity contribution < 1.29 is 23.8 Å². The number of carbonyl (C=O) groups is 2. The van der Waals surface area contributed by atoms with Gasteiger partial charge in [-0.15, -0.1) is 0 Å². The fraction of sp³-hybridized carbons (Fsp3) is 0.417. The predicted molar refractivity (Wildman–Crippen MR) is 112 cm³/mol. The molecule has 2 aliphatic carbocycles. The van der Waals surface area contributed by atoms with Gasteiger partial charge in [-0.1, -0.05) is 42.5 Å². The first kappa shape index (κ1) is 20.4. The highest BCUT2D eigenvalue weighted by molar-refractivity contribution is 6.07. The van der Waals surface area contributed by atoms with Crippen molar-refractivity contribution in [3.05, 3.63) is 64.9 Å². The Morgan fingerprint density at radius 3 is 2.27 bits per heavy atom. The Kier molecular flexibility index (Phi) is 6.04. The van der Waals surface area contributed by atoms with Gasteiger partial charge in [-0.25, -0.2) is 9.59 Å². The topological polar surface area (TPSA) is 65.1 Å². The van der Waals surface area contributed by atoms with Gasteiger partial charge >= 0.3 is 11.9 Å². The average Bonchev–Trinajstić information content (AvgIpc) is 3.14. The van der Waals surface area contributed by atoms with E-state index in [-0.39, 0.29) is 11.8 Å². The summed E-state index contributed by atoms with van der Waals surface area (Å²) in [6, 6.07) is 10.3. The maximum Gasteiger partial charge on any atom is 0.340 e. The number of ether oxygens (including phenoxy) is 3. The molecule has 30 heavy (non-hydrogen) atoms. The summed E-state index contributed by atoms with van der Waals surface area (Å²) in [5.41, 5.74) is 3.96. The molecule has 0 N–H and O–H groups in total. The van der Waals surface area contributed by atoms with Crippen LogP contribution in [0, 0.1) is 11.8 Å². The molecule has 158 valence electrons. The number of morpholine rings is 1. The summed E-state index contributed by atoms with van der Waals surface area (Å²) in [6.07, 6.45) is 5.59. The molecule has 0 spiro atoms. The van der Waals surface area contributed by atoms with E-state index in [4.69, 9.17) is 14.2 Å². The van der Waals surface area contributed by atoms with Gasteiger partial charge < -0.3 is 19.1 Å². The van der Waals surface area contributed by atoms with E-state index in [1.54, 1.807) is 0 Å². The Morgan fingerprint density at radius 2 is 1.60 bits per heavy atom. The smallest absolute Gasteiger partial charge is 0.340 e. The number of allylic oxidation sites excluding steroid dienone is 4. The number of carbonyl (C=O) groups excluding carboxylic acids is 2. The van der Waals surface area contributed by atoms with Crippen molar-refractivity contribution >= 4 is 17.5 Å². The first-order valence-corrected chi connectivity index (χ1v) is 10.3. The lowest BCUT2D eigenvalue weighted by Crippen LogP contribution is -2.40. The van der Waals surface area contributed by atoms with Gasteiger partial charge in [-0.2, -0.15) is 0 Å². The molecule has 1 fully saturated rings. The van der Waals surface area contributed by atoms with Crippen LogP contribution in [0.15, 0.2) is 59.3 Å². The maximum absolute atomic E-state index is 12.9. The minimum absolute atomic E-state index is 0.0887. The van der Waals surface area contributed by atoms with Gasteiger partial charge in [0.1, 0.15) is 0 Å². The lowest BCUT2D eigenvalue weighted by atomic mass is 9.83. The highest BCUT2D eigenvalue weighted by atomic mass is 16.5. The Bertz CT molecular complexity index is 909. The van der Waals surface area contributed by atoms with E-state index in [0.717, 1.165) is 12.1 Å². The van der Waals surface area contributed by atoms with Gasteiger partial charge in [0.25, 0.3) is 0 Å². The van der Waals surface area contributed by atoms with Gasteiger partial charge in [-0.3, -0.25) is 0 Å².